The third-order valence-electron chi connectivity index (χ3n) is 4.16. The van der Waals surface area contributed by atoms with E-state index in [0.29, 0.717) is 6.54 Å². The number of nitrogens with zero attached hydrogens (tertiary/aromatic N) is 6. The van der Waals surface area contributed by atoms with E-state index in [1.54, 1.807) is 0 Å². The van der Waals surface area contributed by atoms with Crippen molar-refractivity contribution in [3.63, 3.8) is 0 Å². The van der Waals surface area contributed by atoms with E-state index in [1.807, 2.05) is 0 Å². The fourth-order valence-corrected chi connectivity index (χ4v) is 10.2. The molecule has 0 fully saturated rings. The Morgan fingerprint density at radius 3 is 1.60 bits per heavy atom. The average Bonchev–Trinajstić information content (AvgIpc) is 2.50. The number of rotatable bonds is 7. The molecule has 144 valence electrons. The highest BCUT2D eigenvalue weighted by Gasteiger charge is 2.32. The summed E-state index contributed by atoms with van der Waals surface area (Å²) in [5, 5.41) is 1.19. The van der Waals surface area contributed by atoms with Gasteiger partial charge in [-0.15, -0.1) is 9.24 Å². The van der Waals surface area contributed by atoms with E-state index < -0.39 is 14.9 Å². The molecule has 0 heterocycles. The van der Waals surface area contributed by atoms with Crippen LogP contribution in [0.15, 0.2) is 33.5 Å². The summed E-state index contributed by atoms with van der Waals surface area (Å²) in [6.07, 6.45) is 0. The Hall–Kier alpha value is -0.0500. The van der Waals surface area contributed by atoms with Crippen LogP contribution in [0.4, 0.5) is 0 Å². The molecule has 9 heteroatoms. The van der Waals surface area contributed by atoms with Gasteiger partial charge in [0.2, 0.25) is 0 Å². The summed E-state index contributed by atoms with van der Waals surface area (Å²) in [6.45, 7) is 2.88. The van der Waals surface area contributed by atoms with Gasteiger partial charge in [-0.3, -0.25) is 23.4 Å². The second kappa shape index (κ2) is 9.24. The molecule has 25 heavy (non-hydrogen) atoms. The lowest BCUT2D eigenvalue weighted by Crippen LogP contribution is -2.31. The van der Waals surface area contributed by atoms with E-state index in [-0.39, 0.29) is 0 Å². The molecule has 2 unspecified atom stereocenters. The summed E-state index contributed by atoms with van der Waals surface area (Å²) >= 11 is 0. The highest BCUT2D eigenvalue weighted by molar-refractivity contribution is 7.72. The van der Waals surface area contributed by atoms with Gasteiger partial charge in [-0.2, -0.15) is 0 Å². The van der Waals surface area contributed by atoms with Gasteiger partial charge >= 0.3 is 0 Å². The molecule has 0 amide bonds. The lowest BCUT2D eigenvalue weighted by Gasteiger charge is -2.43. The fourth-order valence-electron chi connectivity index (χ4n) is 2.61. The minimum absolute atomic E-state index is 0.686. The fraction of sp³-hybridized carbons (Fsp3) is 0.625. The maximum absolute atomic E-state index is 5.43. The lowest BCUT2D eigenvalue weighted by atomic mass is 10.2. The molecule has 0 aromatic heterocycles. The van der Waals surface area contributed by atoms with Gasteiger partial charge < -0.3 is 0 Å². The van der Waals surface area contributed by atoms with Crippen LogP contribution in [0.2, 0.25) is 0 Å². The van der Waals surface area contributed by atoms with Gasteiger partial charge in [0.15, 0.2) is 7.51 Å². The molecule has 0 N–H and O–H groups in total. The van der Waals surface area contributed by atoms with Crippen molar-refractivity contribution in [1.29, 1.82) is 0 Å². The highest BCUT2D eigenvalue weighted by Crippen LogP contribution is 2.65. The zero-order chi connectivity index (χ0) is 19.4. The van der Waals surface area contributed by atoms with E-state index in [2.05, 4.69) is 115 Å². The van der Waals surface area contributed by atoms with Gasteiger partial charge in [0.05, 0.1) is 6.54 Å². The zero-order valence-corrected chi connectivity index (χ0v) is 20.1. The standard InChI is InChI=1S/C16H35N6P3/c1-19(2)24(9,17-14-15-10-12-16(23)13-11-15)18-25(20(3)4,21(5)6)22(7)8/h10-13H,14,23H2,1-9H3. The van der Waals surface area contributed by atoms with E-state index in [0.717, 1.165) is 0 Å². The van der Waals surface area contributed by atoms with Crippen molar-refractivity contribution in [2.45, 2.75) is 6.54 Å². The lowest BCUT2D eigenvalue weighted by molar-refractivity contribution is 0.475. The molecule has 2 atom stereocenters. The summed E-state index contributed by atoms with van der Waals surface area (Å²) < 4.78 is 19.5. The molecule has 1 aromatic carbocycles. The first-order valence-corrected chi connectivity index (χ1v) is 12.5. The van der Waals surface area contributed by atoms with Gasteiger partial charge in [0.25, 0.3) is 0 Å². The van der Waals surface area contributed by atoms with Gasteiger partial charge in [0, 0.05) is 6.66 Å². The quantitative estimate of drug-likeness (QED) is 0.652. The minimum atomic E-state index is -2.00. The molecule has 6 nitrogen and oxygen atoms in total. The highest BCUT2D eigenvalue weighted by atomic mass is 31.2. The maximum atomic E-state index is 5.43. The smallest absolute Gasteiger partial charge is 0.172 e. The van der Waals surface area contributed by atoms with Gasteiger partial charge in [0.1, 0.15) is 7.36 Å². The van der Waals surface area contributed by atoms with E-state index >= 15 is 0 Å². The molecule has 1 rings (SSSR count). The van der Waals surface area contributed by atoms with Crippen LogP contribution in [0.5, 0.6) is 0 Å². The van der Waals surface area contributed by atoms with Crippen molar-refractivity contribution in [2.75, 3.05) is 63.0 Å². The van der Waals surface area contributed by atoms with Crippen molar-refractivity contribution in [1.82, 2.24) is 18.7 Å². The number of hydrogen-bond donors (Lipinski definition) is 0. The molecule has 0 aliphatic rings. The third-order valence-corrected chi connectivity index (χ3v) is 12.3. The Balaban J connectivity index is 3.49. The zero-order valence-electron chi connectivity index (χ0n) is 17.2. The van der Waals surface area contributed by atoms with E-state index in [1.165, 1.54) is 10.9 Å². The summed E-state index contributed by atoms with van der Waals surface area (Å²) in [7, 11) is 15.5. The topological polar surface area (TPSA) is 37.7 Å². The van der Waals surface area contributed by atoms with Gasteiger partial charge in [-0.1, -0.05) is 24.3 Å². The van der Waals surface area contributed by atoms with Crippen LogP contribution < -0.4 is 5.30 Å². The Labute approximate surface area is 157 Å². The molecule has 1 aromatic rings. The number of benzene rings is 1. The van der Waals surface area contributed by atoms with Crippen LogP contribution in [-0.4, -0.2) is 81.7 Å². The predicted molar refractivity (Wildman–Crippen MR) is 119 cm³/mol. The Morgan fingerprint density at radius 2 is 1.24 bits per heavy atom. The van der Waals surface area contributed by atoms with Crippen molar-refractivity contribution >= 4 is 29.4 Å². The van der Waals surface area contributed by atoms with Crippen LogP contribution >= 0.6 is 24.1 Å². The molecule has 0 saturated carbocycles. The number of hydrogen-bond acceptors (Lipinski definition) is 1. The molecule has 0 saturated heterocycles. The van der Waals surface area contributed by atoms with Crippen molar-refractivity contribution in [3.8, 4) is 0 Å². The second-order valence-corrected chi connectivity index (χ2v) is 14.6. The second-order valence-electron chi connectivity index (χ2n) is 6.92. The molecular weight excluding hydrogens is 369 g/mol. The van der Waals surface area contributed by atoms with Crippen molar-refractivity contribution in [3.05, 3.63) is 29.8 Å². The van der Waals surface area contributed by atoms with E-state index in [9.17, 15) is 0 Å². The molecule has 0 aliphatic carbocycles. The van der Waals surface area contributed by atoms with Gasteiger partial charge in [-0.25, -0.2) is 4.52 Å². The Morgan fingerprint density at radius 1 is 0.800 bits per heavy atom. The van der Waals surface area contributed by atoms with Crippen LogP contribution in [0.1, 0.15) is 5.56 Å². The average molecular weight is 404 g/mol. The largest absolute Gasteiger partial charge is 0.263 e. The predicted octanol–water partition coefficient (Wildman–Crippen LogP) is 3.54. The first kappa shape index (κ1) is 23.0. The first-order valence-electron chi connectivity index (χ1n) is 8.20. The third kappa shape index (κ3) is 5.47. The molecule has 0 bridgehead atoms. The maximum Gasteiger partial charge on any atom is 0.172 e. The summed E-state index contributed by atoms with van der Waals surface area (Å²) in [5.74, 6) is 0. The molecule has 0 spiro atoms. The van der Waals surface area contributed by atoms with Crippen LogP contribution in [0.25, 0.3) is 0 Å². The monoisotopic (exact) mass is 404 g/mol. The van der Waals surface area contributed by atoms with Crippen LogP contribution in [0.3, 0.4) is 0 Å². The van der Waals surface area contributed by atoms with E-state index in [4.69, 9.17) is 9.26 Å². The summed E-state index contributed by atoms with van der Waals surface area (Å²) in [6, 6.07) is 8.49. The van der Waals surface area contributed by atoms with Crippen LogP contribution in [0, 0.1) is 0 Å². The minimum Gasteiger partial charge on any atom is -0.263 e. The normalized spacial score (nSPS) is 15.1. The Bertz CT molecular complexity index is 636. The van der Waals surface area contributed by atoms with Crippen LogP contribution in [-0.2, 0) is 6.54 Å². The van der Waals surface area contributed by atoms with Crippen molar-refractivity contribution in [2.24, 2.45) is 9.26 Å². The summed E-state index contributed by atoms with van der Waals surface area (Å²) in [4.78, 5) is 0. The summed E-state index contributed by atoms with van der Waals surface area (Å²) in [5.41, 5.74) is 1.22. The molecular formula is C16H35N6P3. The van der Waals surface area contributed by atoms with Crippen molar-refractivity contribution < 1.29 is 0 Å². The molecule has 0 aliphatic heterocycles. The van der Waals surface area contributed by atoms with Gasteiger partial charge in [-0.05, 0) is 67.2 Å². The first-order chi connectivity index (χ1) is 11.5. The Kier molecular flexibility index (Phi) is 8.50. The molecule has 0 radical (unpaired) electrons. The SMILES string of the molecule is CN(C)P(C)(=NCc1ccc(P)cc1)N=P(N(C)C)(N(C)C)N(C)C.